The summed E-state index contributed by atoms with van der Waals surface area (Å²) in [6, 6.07) is 3.92. The van der Waals surface area contributed by atoms with Crippen molar-refractivity contribution in [1.29, 1.82) is 0 Å². The third-order valence-corrected chi connectivity index (χ3v) is 1.93. The van der Waals surface area contributed by atoms with Crippen molar-refractivity contribution < 1.29 is 4.74 Å². The number of rotatable bonds is 4. The van der Waals surface area contributed by atoms with E-state index in [2.05, 4.69) is 20.9 Å². The maximum atomic E-state index is 5.16. The highest BCUT2D eigenvalue weighted by molar-refractivity contribution is 9.10. The Bertz CT molecular complexity index is 269. The van der Waals surface area contributed by atoms with E-state index in [9.17, 15) is 0 Å². The molecule has 13 heavy (non-hydrogen) atoms. The second-order valence-electron chi connectivity index (χ2n) is 2.46. The average molecular weight is 242 g/mol. The Morgan fingerprint density at radius 2 is 2.38 bits per heavy atom. The predicted molar refractivity (Wildman–Crippen MR) is 57.5 cm³/mol. The molecule has 0 N–H and O–H groups in total. The minimum Gasteiger partial charge on any atom is -0.378 e. The molecule has 0 atom stereocenters. The molecule has 0 bridgehead atoms. The summed E-state index contributed by atoms with van der Waals surface area (Å²) in [5.41, 5.74) is 0.947. The van der Waals surface area contributed by atoms with Crippen LogP contribution in [0.3, 0.4) is 0 Å². The van der Waals surface area contributed by atoms with E-state index in [-0.39, 0.29) is 0 Å². The first kappa shape index (κ1) is 10.4. The summed E-state index contributed by atoms with van der Waals surface area (Å²) in [6.45, 7) is 3.37. The van der Waals surface area contributed by atoms with Gasteiger partial charge < -0.3 is 4.74 Å². The monoisotopic (exact) mass is 241 g/mol. The van der Waals surface area contributed by atoms with E-state index in [0.29, 0.717) is 6.61 Å². The van der Waals surface area contributed by atoms with Gasteiger partial charge in [0.05, 0.1) is 12.3 Å². The molecule has 0 aromatic carbocycles. The molecular weight excluding hydrogens is 230 g/mol. The van der Waals surface area contributed by atoms with Crippen LogP contribution < -0.4 is 0 Å². The number of hydrogen-bond donors (Lipinski definition) is 0. The third kappa shape index (κ3) is 4.20. The molecule has 2 nitrogen and oxygen atoms in total. The number of halogens is 1. The van der Waals surface area contributed by atoms with Crippen molar-refractivity contribution in [2.75, 3.05) is 13.2 Å². The van der Waals surface area contributed by atoms with Crippen molar-refractivity contribution in [1.82, 2.24) is 4.98 Å². The van der Waals surface area contributed by atoms with Crippen molar-refractivity contribution in [3.63, 3.8) is 0 Å². The van der Waals surface area contributed by atoms with Gasteiger partial charge in [0.1, 0.15) is 0 Å². The van der Waals surface area contributed by atoms with Crippen LogP contribution in [-0.2, 0) is 4.74 Å². The van der Waals surface area contributed by atoms with Crippen LogP contribution in [0.25, 0.3) is 6.08 Å². The molecule has 1 heterocycles. The number of pyridine rings is 1. The predicted octanol–water partition coefficient (Wildman–Crippen LogP) is 2.89. The van der Waals surface area contributed by atoms with E-state index in [0.717, 1.165) is 16.8 Å². The van der Waals surface area contributed by atoms with Crippen molar-refractivity contribution in [3.8, 4) is 0 Å². The van der Waals surface area contributed by atoms with Crippen molar-refractivity contribution in [3.05, 3.63) is 34.6 Å². The normalized spacial score (nSPS) is 10.9. The van der Waals surface area contributed by atoms with Gasteiger partial charge in [-0.15, -0.1) is 0 Å². The molecule has 0 aliphatic rings. The number of hydrogen-bond acceptors (Lipinski definition) is 2. The summed E-state index contributed by atoms with van der Waals surface area (Å²) >= 11 is 3.33. The van der Waals surface area contributed by atoms with Gasteiger partial charge in [0.25, 0.3) is 0 Å². The lowest BCUT2D eigenvalue weighted by Crippen LogP contribution is -1.88. The quantitative estimate of drug-likeness (QED) is 0.757. The van der Waals surface area contributed by atoms with Gasteiger partial charge in [0.2, 0.25) is 0 Å². The average Bonchev–Trinajstić information content (AvgIpc) is 2.15. The highest BCUT2D eigenvalue weighted by Crippen LogP contribution is 2.07. The summed E-state index contributed by atoms with van der Waals surface area (Å²) < 4.78 is 6.15. The van der Waals surface area contributed by atoms with Gasteiger partial charge in [-0.2, -0.15) is 0 Å². The molecule has 3 heteroatoms. The van der Waals surface area contributed by atoms with Gasteiger partial charge in [-0.3, -0.25) is 4.98 Å². The van der Waals surface area contributed by atoms with Crippen LogP contribution in [0.1, 0.15) is 12.6 Å². The third-order valence-electron chi connectivity index (χ3n) is 1.46. The second kappa shape index (κ2) is 5.89. The molecule has 0 spiro atoms. The molecule has 0 aliphatic carbocycles. The van der Waals surface area contributed by atoms with Gasteiger partial charge >= 0.3 is 0 Å². The maximum Gasteiger partial charge on any atom is 0.0651 e. The van der Waals surface area contributed by atoms with Crippen LogP contribution in [-0.4, -0.2) is 18.2 Å². The molecule has 1 rings (SSSR count). The molecule has 0 saturated carbocycles. The first-order chi connectivity index (χ1) is 6.33. The Morgan fingerprint density at radius 1 is 1.54 bits per heavy atom. The van der Waals surface area contributed by atoms with Crippen molar-refractivity contribution >= 4 is 22.0 Å². The first-order valence-corrected chi connectivity index (χ1v) is 4.98. The standard InChI is InChI=1S/C10H12BrNO/c1-2-13-7-3-4-10-6-5-9(11)8-12-10/h3-6,8H,2,7H2,1H3/b4-3+. The number of nitrogens with zero attached hydrogens (tertiary/aromatic N) is 1. The van der Waals surface area contributed by atoms with Gasteiger partial charge in [-0.05, 0) is 41.1 Å². The number of aromatic nitrogens is 1. The summed E-state index contributed by atoms with van der Waals surface area (Å²) in [5.74, 6) is 0. The molecule has 1 aromatic rings. The van der Waals surface area contributed by atoms with E-state index in [1.54, 1.807) is 6.20 Å². The Balaban J connectivity index is 2.44. The Labute approximate surface area is 86.8 Å². The lowest BCUT2D eigenvalue weighted by atomic mass is 10.3. The first-order valence-electron chi connectivity index (χ1n) is 4.18. The fourth-order valence-corrected chi connectivity index (χ4v) is 1.08. The van der Waals surface area contributed by atoms with Gasteiger partial charge in [-0.25, -0.2) is 0 Å². The zero-order chi connectivity index (χ0) is 9.52. The van der Waals surface area contributed by atoms with E-state index in [1.165, 1.54) is 0 Å². The molecule has 0 amide bonds. The summed E-state index contributed by atoms with van der Waals surface area (Å²) in [5, 5.41) is 0. The fraction of sp³-hybridized carbons (Fsp3) is 0.300. The molecule has 0 radical (unpaired) electrons. The zero-order valence-electron chi connectivity index (χ0n) is 7.53. The highest BCUT2D eigenvalue weighted by atomic mass is 79.9. The van der Waals surface area contributed by atoms with Crippen LogP contribution in [0.15, 0.2) is 28.9 Å². The van der Waals surface area contributed by atoms with Crippen LogP contribution in [0.4, 0.5) is 0 Å². The van der Waals surface area contributed by atoms with Crippen LogP contribution in [0.2, 0.25) is 0 Å². The summed E-state index contributed by atoms with van der Waals surface area (Å²) in [6.07, 6.45) is 5.68. The van der Waals surface area contributed by atoms with Crippen LogP contribution >= 0.6 is 15.9 Å². The molecular formula is C10H12BrNO. The molecule has 1 aromatic heterocycles. The van der Waals surface area contributed by atoms with Gasteiger partial charge in [0, 0.05) is 17.3 Å². The topological polar surface area (TPSA) is 22.1 Å². The fourth-order valence-electron chi connectivity index (χ4n) is 0.841. The summed E-state index contributed by atoms with van der Waals surface area (Å²) in [7, 11) is 0. The van der Waals surface area contributed by atoms with E-state index in [4.69, 9.17) is 4.74 Å². The van der Waals surface area contributed by atoms with Crippen molar-refractivity contribution in [2.45, 2.75) is 6.92 Å². The van der Waals surface area contributed by atoms with E-state index < -0.39 is 0 Å². The zero-order valence-corrected chi connectivity index (χ0v) is 9.12. The second-order valence-corrected chi connectivity index (χ2v) is 3.38. The highest BCUT2D eigenvalue weighted by Gasteiger charge is 1.87. The molecule has 0 aliphatic heterocycles. The minimum atomic E-state index is 0.647. The minimum absolute atomic E-state index is 0.647. The molecule has 0 saturated heterocycles. The SMILES string of the molecule is CCOC/C=C/c1ccc(Br)cn1. The Hall–Kier alpha value is -0.670. The van der Waals surface area contributed by atoms with Crippen molar-refractivity contribution in [2.24, 2.45) is 0 Å². The largest absolute Gasteiger partial charge is 0.378 e. The van der Waals surface area contributed by atoms with Crippen LogP contribution in [0, 0.1) is 0 Å². The van der Waals surface area contributed by atoms with Gasteiger partial charge in [-0.1, -0.05) is 6.08 Å². The molecule has 0 fully saturated rings. The molecule has 0 unspecified atom stereocenters. The Kier molecular flexibility index (Phi) is 4.72. The van der Waals surface area contributed by atoms with E-state index >= 15 is 0 Å². The lowest BCUT2D eigenvalue weighted by molar-refractivity contribution is 0.178. The number of ether oxygens (including phenoxy) is 1. The maximum absolute atomic E-state index is 5.16. The Morgan fingerprint density at radius 3 is 3.00 bits per heavy atom. The smallest absolute Gasteiger partial charge is 0.0651 e. The van der Waals surface area contributed by atoms with Crippen LogP contribution in [0.5, 0.6) is 0 Å². The summed E-state index contributed by atoms with van der Waals surface area (Å²) in [4.78, 5) is 4.19. The van der Waals surface area contributed by atoms with Gasteiger partial charge in [0.15, 0.2) is 0 Å². The van der Waals surface area contributed by atoms with E-state index in [1.807, 2.05) is 31.2 Å². The lowest BCUT2D eigenvalue weighted by Gasteiger charge is -1.94. The molecule has 70 valence electrons.